The van der Waals surface area contributed by atoms with Crippen molar-refractivity contribution in [2.75, 3.05) is 0 Å². The van der Waals surface area contributed by atoms with E-state index in [-0.39, 0.29) is 0 Å². The summed E-state index contributed by atoms with van der Waals surface area (Å²) in [7, 11) is 2.06. The van der Waals surface area contributed by atoms with Crippen molar-refractivity contribution in [1.29, 1.82) is 0 Å². The molecule has 0 bridgehead atoms. The molecule has 0 aliphatic carbocycles. The number of benzene rings is 1. The van der Waals surface area contributed by atoms with Crippen LogP contribution in [0, 0.1) is 12.8 Å². The quantitative estimate of drug-likeness (QED) is 0.787. The molecule has 3 heteroatoms. The summed E-state index contributed by atoms with van der Waals surface area (Å²) in [5.41, 5.74) is 3.67. The first-order valence-corrected chi connectivity index (χ1v) is 6.96. The number of halogens is 1. The molecule has 2 nitrogen and oxygen atoms in total. The van der Waals surface area contributed by atoms with Crippen molar-refractivity contribution in [3.05, 3.63) is 29.6 Å². The van der Waals surface area contributed by atoms with E-state index in [0.717, 1.165) is 17.8 Å². The van der Waals surface area contributed by atoms with Crippen molar-refractivity contribution in [1.82, 2.24) is 9.55 Å². The number of fused-ring (bicyclic) bond motifs is 1. The zero-order valence-corrected chi connectivity index (χ0v) is 12.5. The van der Waals surface area contributed by atoms with E-state index in [1.54, 1.807) is 0 Å². The Morgan fingerprint density at radius 3 is 2.71 bits per heavy atom. The molecule has 1 aromatic carbocycles. The normalized spacial score (nSPS) is 13.5. The average Bonchev–Trinajstić information content (AvgIpc) is 2.54. The summed E-state index contributed by atoms with van der Waals surface area (Å²) in [4.78, 5) is 5.11. The number of rotatable bonds is 3. The maximum Gasteiger partial charge on any atom is 0.106 e. The molecule has 0 fully saturated rings. The second kappa shape index (κ2) is 4.81. The third-order valence-corrected chi connectivity index (χ3v) is 4.70. The maximum atomic E-state index is 4.57. The highest BCUT2D eigenvalue weighted by Crippen LogP contribution is 2.21. The van der Waals surface area contributed by atoms with Crippen molar-refractivity contribution in [2.24, 2.45) is 13.0 Å². The first-order chi connectivity index (χ1) is 7.99. The monoisotopic (exact) mass is 294 g/mol. The van der Waals surface area contributed by atoms with Crippen molar-refractivity contribution < 1.29 is 0 Å². The summed E-state index contributed by atoms with van der Waals surface area (Å²) in [6.45, 7) is 6.52. The third-order valence-electron chi connectivity index (χ3n) is 3.32. The van der Waals surface area contributed by atoms with E-state index in [2.05, 4.69) is 64.6 Å². The standard InChI is InChI=1S/C14H19BrN2/c1-9(2)12(15)7-11-5-6-14-13(8-11)16-10(3)17(14)4/h5-6,8-9,12H,7H2,1-4H3. The highest BCUT2D eigenvalue weighted by molar-refractivity contribution is 9.09. The first-order valence-electron chi connectivity index (χ1n) is 6.05. The van der Waals surface area contributed by atoms with E-state index in [1.165, 1.54) is 11.1 Å². The molecule has 1 unspecified atom stereocenters. The summed E-state index contributed by atoms with van der Waals surface area (Å²) >= 11 is 3.74. The Morgan fingerprint density at radius 1 is 1.35 bits per heavy atom. The van der Waals surface area contributed by atoms with Crippen LogP contribution < -0.4 is 0 Å². The zero-order chi connectivity index (χ0) is 12.6. The van der Waals surface area contributed by atoms with Crippen LogP contribution in [0.5, 0.6) is 0 Å². The fourth-order valence-electron chi connectivity index (χ4n) is 1.95. The van der Waals surface area contributed by atoms with Crippen LogP contribution in [-0.4, -0.2) is 14.4 Å². The second-order valence-corrected chi connectivity index (χ2v) is 6.18. The molecule has 1 heterocycles. The van der Waals surface area contributed by atoms with E-state index >= 15 is 0 Å². The van der Waals surface area contributed by atoms with Gasteiger partial charge in [-0.3, -0.25) is 0 Å². The van der Waals surface area contributed by atoms with Gasteiger partial charge in [-0.2, -0.15) is 0 Å². The van der Waals surface area contributed by atoms with Crippen LogP contribution >= 0.6 is 15.9 Å². The van der Waals surface area contributed by atoms with Gasteiger partial charge < -0.3 is 4.57 Å². The summed E-state index contributed by atoms with van der Waals surface area (Å²) in [6.07, 6.45) is 1.06. The molecule has 2 aromatic rings. The largest absolute Gasteiger partial charge is 0.331 e. The number of nitrogens with zero attached hydrogens (tertiary/aromatic N) is 2. The molecule has 0 amide bonds. The molecule has 0 radical (unpaired) electrons. The predicted molar refractivity (Wildman–Crippen MR) is 76.7 cm³/mol. The molecular weight excluding hydrogens is 276 g/mol. The number of aryl methyl sites for hydroxylation is 2. The van der Waals surface area contributed by atoms with Gasteiger partial charge in [-0.15, -0.1) is 0 Å². The minimum Gasteiger partial charge on any atom is -0.331 e. The SMILES string of the molecule is Cc1nc2cc(CC(Br)C(C)C)ccc2n1C. The lowest BCUT2D eigenvalue weighted by Crippen LogP contribution is -2.10. The fourth-order valence-corrected chi connectivity index (χ4v) is 2.33. The van der Waals surface area contributed by atoms with E-state index in [4.69, 9.17) is 0 Å². The van der Waals surface area contributed by atoms with Crippen LogP contribution in [0.4, 0.5) is 0 Å². The molecule has 92 valence electrons. The summed E-state index contributed by atoms with van der Waals surface area (Å²) in [5.74, 6) is 1.72. The Bertz CT molecular complexity index is 528. The summed E-state index contributed by atoms with van der Waals surface area (Å²) in [5, 5.41) is 0. The topological polar surface area (TPSA) is 17.8 Å². The molecule has 0 saturated heterocycles. The minimum absolute atomic E-state index is 0.532. The third kappa shape index (κ3) is 2.54. The van der Waals surface area contributed by atoms with Crippen molar-refractivity contribution >= 4 is 27.0 Å². The summed E-state index contributed by atoms with van der Waals surface area (Å²) < 4.78 is 2.13. The van der Waals surface area contributed by atoms with Gasteiger partial charge in [-0.05, 0) is 37.0 Å². The summed E-state index contributed by atoms with van der Waals surface area (Å²) in [6, 6.07) is 6.59. The molecule has 2 rings (SSSR count). The minimum atomic E-state index is 0.532. The van der Waals surface area contributed by atoms with Crippen LogP contribution in [0.1, 0.15) is 25.2 Å². The Labute approximate surface area is 111 Å². The fraction of sp³-hybridized carbons (Fsp3) is 0.500. The van der Waals surface area contributed by atoms with Crippen LogP contribution in [-0.2, 0) is 13.5 Å². The number of alkyl halides is 1. The highest BCUT2D eigenvalue weighted by atomic mass is 79.9. The predicted octanol–water partition coefficient (Wildman–Crippen LogP) is 3.84. The smallest absolute Gasteiger partial charge is 0.106 e. The lowest BCUT2D eigenvalue weighted by atomic mass is 10.0. The van der Waals surface area contributed by atoms with Gasteiger partial charge >= 0.3 is 0 Å². The van der Waals surface area contributed by atoms with E-state index < -0.39 is 0 Å². The molecule has 0 aliphatic heterocycles. The number of hydrogen-bond acceptors (Lipinski definition) is 1. The van der Waals surface area contributed by atoms with Crippen LogP contribution in [0.2, 0.25) is 0 Å². The lowest BCUT2D eigenvalue weighted by molar-refractivity contribution is 0.613. The molecule has 17 heavy (non-hydrogen) atoms. The molecule has 0 saturated carbocycles. The van der Waals surface area contributed by atoms with Crippen LogP contribution in [0.25, 0.3) is 11.0 Å². The van der Waals surface area contributed by atoms with Gasteiger partial charge in [0.05, 0.1) is 11.0 Å². The van der Waals surface area contributed by atoms with Crippen molar-refractivity contribution in [2.45, 2.75) is 32.0 Å². The lowest BCUT2D eigenvalue weighted by Gasteiger charge is -2.13. The molecule has 1 atom stereocenters. The molecular formula is C14H19BrN2. The van der Waals surface area contributed by atoms with Gasteiger partial charge in [0.15, 0.2) is 0 Å². The Hall–Kier alpha value is -0.830. The number of aromatic nitrogens is 2. The van der Waals surface area contributed by atoms with Gasteiger partial charge in [0.1, 0.15) is 5.82 Å². The maximum absolute atomic E-state index is 4.57. The molecule has 0 spiro atoms. The van der Waals surface area contributed by atoms with Gasteiger partial charge in [0.2, 0.25) is 0 Å². The van der Waals surface area contributed by atoms with E-state index in [9.17, 15) is 0 Å². The van der Waals surface area contributed by atoms with Gasteiger partial charge in [0, 0.05) is 11.9 Å². The molecule has 1 aromatic heterocycles. The second-order valence-electron chi connectivity index (χ2n) is 5.01. The van der Waals surface area contributed by atoms with E-state index in [1.807, 2.05) is 6.92 Å². The number of imidazole rings is 1. The molecule has 0 aliphatic rings. The Kier molecular flexibility index (Phi) is 3.57. The highest BCUT2D eigenvalue weighted by Gasteiger charge is 2.11. The molecule has 0 N–H and O–H groups in total. The van der Waals surface area contributed by atoms with Gasteiger partial charge in [-0.25, -0.2) is 4.98 Å². The first kappa shape index (κ1) is 12.6. The number of hydrogen-bond donors (Lipinski definition) is 0. The average molecular weight is 295 g/mol. The Morgan fingerprint density at radius 2 is 2.06 bits per heavy atom. The Balaban J connectivity index is 2.32. The van der Waals surface area contributed by atoms with Crippen molar-refractivity contribution in [3.63, 3.8) is 0 Å². The zero-order valence-electron chi connectivity index (χ0n) is 10.9. The van der Waals surface area contributed by atoms with Crippen molar-refractivity contribution in [3.8, 4) is 0 Å². The van der Waals surface area contributed by atoms with E-state index in [0.29, 0.717) is 10.7 Å². The van der Waals surface area contributed by atoms with Gasteiger partial charge in [-0.1, -0.05) is 35.8 Å². The van der Waals surface area contributed by atoms with Gasteiger partial charge in [0.25, 0.3) is 0 Å². The van der Waals surface area contributed by atoms with Crippen LogP contribution in [0.3, 0.4) is 0 Å². The van der Waals surface area contributed by atoms with Crippen LogP contribution in [0.15, 0.2) is 18.2 Å².